The van der Waals surface area contributed by atoms with Crippen LogP contribution in [-0.4, -0.2) is 22.4 Å². The van der Waals surface area contributed by atoms with E-state index in [4.69, 9.17) is 10.5 Å². The highest BCUT2D eigenvalue weighted by molar-refractivity contribution is 5.85. The van der Waals surface area contributed by atoms with Crippen LogP contribution in [0, 0.1) is 0 Å². The molecule has 1 unspecified atom stereocenters. The van der Waals surface area contributed by atoms with Crippen molar-refractivity contribution < 1.29 is 4.74 Å². The molecule has 11 heavy (non-hydrogen) atoms. The maximum Gasteiger partial charge on any atom is 0.211 e. The average Bonchev–Trinajstić information content (AvgIpc) is 2.33. The Bertz CT molecular complexity index is 237. The van der Waals surface area contributed by atoms with Crippen LogP contribution in [0.2, 0.25) is 0 Å². The van der Waals surface area contributed by atoms with Gasteiger partial charge < -0.3 is 10.5 Å². The lowest BCUT2D eigenvalue weighted by Crippen LogP contribution is -2.37. The fourth-order valence-electron chi connectivity index (χ4n) is 1.05. The first-order valence-electron chi connectivity index (χ1n) is 3.26. The van der Waals surface area contributed by atoms with E-state index < -0.39 is 0 Å². The van der Waals surface area contributed by atoms with E-state index in [-0.39, 0.29) is 18.4 Å². The van der Waals surface area contributed by atoms with Crippen molar-refractivity contribution in [2.45, 2.75) is 12.6 Å². The molecule has 0 saturated carbocycles. The van der Waals surface area contributed by atoms with Crippen molar-refractivity contribution in [3.05, 3.63) is 12.3 Å². The molecule has 4 nitrogen and oxygen atoms in total. The summed E-state index contributed by atoms with van der Waals surface area (Å²) in [6.45, 7) is 1.37. The number of nitrogens with zero attached hydrogens (tertiary/aromatic N) is 2. The molecular formula is C6H10ClN3O. The second-order valence-corrected chi connectivity index (χ2v) is 2.42. The number of fused-ring (bicyclic) bond motifs is 1. The quantitative estimate of drug-likeness (QED) is 0.605. The lowest BCUT2D eigenvalue weighted by molar-refractivity contribution is 0.206. The predicted octanol–water partition coefficient (Wildman–Crippen LogP) is 0.0246. The summed E-state index contributed by atoms with van der Waals surface area (Å²) in [6, 6.07) is 1.93. The monoisotopic (exact) mass is 175 g/mol. The number of nitrogens with two attached hydrogens (primary N) is 1. The van der Waals surface area contributed by atoms with Crippen LogP contribution in [0.5, 0.6) is 5.88 Å². The standard InChI is InChI=1S/C6H9N3O.ClH/c7-5-3-9-6(10-4-5)1-2-8-9;/h1-2,5H,3-4,7H2;1H. The van der Waals surface area contributed by atoms with Gasteiger partial charge in [0.2, 0.25) is 5.88 Å². The molecule has 1 aliphatic rings. The normalized spacial score (nSPS) is 21.4. The second kappa shape index (κ2) is 3.11. The number of halogens is 1. The number of ether oxygens (including phenoxy) is 1. The van der Waals surface area contributed by atoms with Gasteiger partial charge in [0.05, 0.1) is 18.8 Å². The molecule has 5 heteroatoms. The Hall–Kier alpha value is -0.740. The predicted molar refractivity (Wildman–Crippen MR) is 42.9 cm³/mol. The third-order valence-electron chi connectivity index (χ3n) is 1.53. The highest BCUT2D eigenvalue weighted by Gasteiger charge is 2.15. The number of hydrogen-bond donors (Lipinski definition) is 1. The number of hydrogen-bond acceptors (Lipinski definition) is 3. The second-order valence-electron chi connectivity index (χ2n) is 2.42. The Morgan fingerprint density at radius 3 is 3.36 bits per heavy atom. The van der Waals surface area contributed by atoms with Crippen molar-refractivity contribution in [3.8, 4) is 5.88 Å². The van der Waals surface area contributed by atoms with Crippen molar-refractivity contribution >= 4 is 12.4 Å². The molecule has 0 saturated heterocycles. The van der Waals surface area contributed by atoms with Gasteiger partial charge in [-0.25, -0.2) is 4.68 Å². The van der Waals surface area contributed by atoms with Crippen molar-refractivity contribution in [2.75, 3.05) is 6.61 Å². The molecule has 1 aromatic heterocycles. The van der Waals surface area contributed by atoms with Gasteiger partial charge in [-0.3, -0.25) is 0 Å². The van der Waals surface area contributed by atoms with Crippen molar-refractivity contribution in [2.24, 2.45) is 5.73 Å². The van der Waals surface area contributed by atoms with Crippen molar-refractivity contribution in [1.82, 2.24) is 9.78 Å². The molecule has 0 bridgehead atoms. The zero-order chi connectivity index (χ0) is 6.97. The third kappa shape index (κ3) is 1.46. The minimum absolute atomic E-state index is 0. The van der Waals surface area contributed by atoms with Crippen molar-refractivity contribution in [3.63, 3.8) is 0 Å². The summed E-state index contributed by atoms with van der Waals surface area (Å²) in [7, 11) is 0. The van der Waals surface area contributed by atoms with E-state index in [1.54, 1.807) is 10.9 Å². The molecule has 0 aliphatic carbocycles. The Kier molecular flexibility index (Phi) is 2.36. The number of rotatable bonds is 0. The number of aromatic nitrogens is 2. The van der Waals surface area contributed by atoms with Gasteiger partial charge >= 0.3 is 0 Å². The van der Waals surface area contributed by atoms with E-state index in [9.17, 15) is 0 Å². The molecule has 0 aromatic carbocycles. The van der Waals surface area contributed by atoms with E-state index in [2.05, 4.69) is 5.10 Å². The Balaban J connectivity index is 0.000000605. The van der Waals surface area contributed by atoms with E-state index in [0.29, 0.717) is 6.61 Å². The van der Waals surface area contributed by atoms with Gasteiger partial charge in [-0.2, -0.15) is 5.10 Å². The van der Waals surface area contributed by atoms with Crippen LogP contribution in [-0.2, 0) is 6.54 Å². The van der Waals surface area contributed by atoms with Gasteiger partial charge in [0.15, 0.2) is 0 Å². The van der Waals surface area contributed by atoms with Crippen LogP contribution in [0.25, 0.3) is 0 Å². The molecule has 2 heterocycles. The fraction of sp³-hybridized carbons (Fsp3) is 0.500. The first-order valence-corrected chi connectivity index (χ1v) is 3.26. The highest BCUT2D eigenvalue weighted by atomic mass is 35.5. The summed E-state index contributed by atoms with van der Waals surface area (Å²) >= 11 is 0. The largest absolute Gasteiger partial charge is 0.476 e. The molecule has 0 amide bonds. The first kappa shape index (κ1) is 8.36. The minimum atomic E-state index is 0. The Morgan fingerprint density at radius 1 is 1.73 bits per heavy atom. The summed E-state index contributed by atoms with van der Waals surface area (Å²) in [5.74, 6) is 0.821. The lowest BCUT2D eigenvalue weighted by Gasteiger charge is -2.20. The Morgan fingerprint density at radius 2 is 2.55 bits per heavy atom. The lowest BCUT2D eigenvalue weighted by atomic mass is 10.3. The van der Waals surface area contributed by atoms with Crippen LogP contribution in [0.15, 0.2) is 12.3 Å². The van der Waals surface area contributed by atoms with Crippen molar-refractivity contribution in [1.29, 1.82) is 0 Å². The summed E-state index contributed by atoms with van der Waals surface area (Å²) in [5, 5.41) is 4.02. The summed E-state index contributed by atoms with van der Waals surface area (Å²) in [5.41, 5.74) is 5.62. The van der Waals surface area contributed by atoms with Crippen LogP contribution in [0.4, 0.5) is 0 Å². The molecule has 0 fully saturated rings. The molecule has 1 aromatic rings. The van der Waals surface area contributed by atoms with Crippen LogP contribution < -0.4 is 10.5 Å². The molecule has 2 rings (SSSR count). The molecule has 62 valence electrons. The fourth-order valence-corrected chi connectivity index (χ4v) is 1.05. The van der Waals surface area contributed by atoms with Gasteiger partial charge in [0, 0.05) is 6.07 Å². The molecule has 0 radical (unpaired) electrons. The van der Waals surface area contributed by atoms with E-state index >= 15 is 0 Å². The third-order valence-corrected chi connectivity index (χ3v) is 1.53. The maximum atomic E-state index is 5.62. The molecule has 1 aliphatic heterocycles. The molecule has 2 N–H and O–H groups in total. The molecular weight excluding hydrogens is 166 g/mol. The summed E-state index contributed by atoms with van der Waals surface area (Å²) in [6.07, 6.45) is 1.72. The highest BCUT2D eigenvalue weighted by Crippen LogP contribution is 2.13. The SMILES string of the molecule is Cl.NC1COc2ccnn2C1. The van der Waals surface area contributed by atoms with Gasteiger partial charge in [0.25, 0.3) is 0 Å². The van der Waals surface area contributed by atoms with Crippen LogP contribution in [0.1, 0.15) is 0 Å². The molecule has 1 atom stereocenters. The van der Waals surface area contributed by atoms with Gasteiger partial charge in [-0.15, -0.1) is 12.4 Å². The van der Waals surface area contributed by atoms with E-state index in [1.807, 2.05) is 6.07 Å². The smallest absolute Gasteiger partial charge is 0.211 e. The zero-order valence-corrected chi connectivity index (χ0v) is 6.75. The topological polar surface area (TPSA) is 53.1 Å². The Labute approximate surface area is 70.7 Å². The summed E-state index contributed by atoms with van der Waals surface area (Å²) < 4.78 is 7.02. The minimum Gasteiger partial charge on any atom is -0.476 e. The molecule has 0 spiro atoms. The van der Waals surface area contributed by atoms with E-state index in [1.165, 1.54) is 0 Å². The first-order chi connectivity index (χ1) is 4.86. The van der Waals surface area contributed by atoms with E-state index in [0.717, 1.165) is 12.4 Å². The average molecular weight is 176 g/mol. The van der Waals surface area contributed by atoms with Gasteiger partial charge in [-0.1, -0.05) is 0 Å². The van der Waals surface area contributed by atoms with Gasteiger partial charge in [-0.05, 0) is 0 Å². The van der Waals surface area contributed by atoms with Crippen LogP contribution in [0.3, 0.4) is 0 Å². The zero-order valence-electron chi connectivity index (χ0n) is 5.93. The van der Waals surface area contributed by atoms with Crippen LogP contribution >= 0.6 is 12.4 Å². The maximum absolute atomic E-state index is 5.62. The van der Waals surface area contributed by atoms with Gasteiger partial charge in [0.1, 0.15) is 6.61 Å². The summed E-state index contributed by atoms with van der Waals surface area (Å²) in [4.78, 5) is 0.